The Morgan fingerprint density at radius 3 is 2.59 bits per heavy atom. The Balaban J connectivity index is 0.00000300. The van der Waals surface area contributed by atoms with Gasteiger partial charge >= 0.3 is 0 Å². The summed E-state index contributed by atoms with van der Waals surface area (Å²) >= 11 is 5.91. The van der Waals surface area contributed by atoms with E-state index in [1.807, 2.05) is 24.3 Å². The second kappa shape index (κ2) is 11.2. The smallest absolute Gasteiger partial charge is 0.228 e. The minimum atomic E-state index is 0. The Labute approximate surface area is 193 Å². The second-order valence-corrected chi connectivity index (χ2v) is 6.93. The van der Waals surface area contributed by atoms with E-state index in [-0.39, 0.29) is 30.0 Å². The molecule has 0 aliphatic carbocycles. The first kappa shape index (κ1) is 23.2. The summed E-state index contributed by atoms with van der Waals surface area (Å²) in [6.07, 6.45) is 0.597. The monoisotopic (exact) mass is 525 g/mol. The van der Waals surface area contributed by atoms with Crippen LogP contribution >= 0.6 is 35.6 Å². The minimum absolute atomic E-state index is 0. The topological polar surface area (TPSA) is 75.3 Å². The molecule has 0 saturated heterocycles. The number of aliphatic imine (C=N–C) groups is 1. The maximum Gasteiger partial charge on any atom is 0.228 e. The molecule has 0 amide bonds. The van der Waals surface area contributed by atoms with E-state index < -0.39 is 0 Å². The summed E-state index contributed by atoms with van der Waals surface area (Å²) in [5.74, 6) is 1.86. The minimum Gasteiger partial charge on any atom is -0.356 e. The standard InChI is InChI=1S/C21H24ClN5O.HI/c1-14-6-4-5-7-18(14)15(2)25-21(23-3)24-13-12-19-26-20(27-28-19)16-8-10-17(22)11-9-16;/h4-11,15H,12-13H2,1-3H3,(H2,23,24,25);1H. The molecule has 0 radical (unpaired) electrons. The number of benzene rings is 2. The Hall–Kier alpha value is -2.13. The van der Waals surface area contributed by atoms with Crippen LogP contribution in [0.1, 0.15) is 30.0 Å². The van der Waals surface area contributed by atoms with Crippen molar-refractivity contribution in [1.29, 1.82) is 0 Å². The zero-order chi connectivity index (χ0) is 19.9. The molecule has 1 aromatic heterocycles. The highest BCUT2D eigenvalue weighted by Gasteiger charge is 2.11. The summed E-state index contributed by atoms with van der Waals surface area (Å²) in [7, 11) is 1.76. The van der Waals surface area contributed by atoms with Crippen LogP contribution < -0.4 is 10.6 Å². The molecule has 2 N–H and O–H groups in total. The van der Waals surface area contributed by atoms with Gasteiger partial charge in [-0.15, -0.1) is 24.0 Å². The predicted octanol–water partition coefficient (Wildman–Crippen LogP) is 4.79. The molecule has 154 valence electrons. The van der Waals surface area contributed by atoms with Crippen LogP contribution in [0.3, 0.4) is 0 Å². The summed E-state index contributed by atoms with van der Waals surface area (Å²) in [6, 6.07) is 15.8. The fourth-order valence-electron chi connectivity index (χ4n) is 2.91. The Morgan fingerprint density at radius 1 is 1.17 bits per heavy atom. The summed E-state index contributed by atoms with van der Waals surface area (Å²) in [5.41, 5.74) is 3.37. The highest BCUT2D eigenvalue weighted by Crippen LogP contribution is 2.19. The van der Waals surface area contributed by atoms with E-state index in [9.17, 15) is 0 Å². The Morgan fingerprint density at radius 2 is 1.90 bits per heavy atom. The molecule has 0 bridgehead atoms. The number of guanidine groups is 1. The molecular formula is C21H25ClIN5O. The molecule has 0 fully saturated rings. The van der Waals surface area contributed by atoms with E-state index >= 15 is 0 Å². The van der Waals surface area contributed by atoms with Gasteiger partial charge in [0, 0.05) is 30.6 Å². The molecule has 3 aromatic rings. The molecule has 0 saturated carbocycles. The lowest BCUT2D eigenvalue weighted by atomic mass is 10.0. The maximum atomic E-state index is 5.91. The van der Waals surface area contributed by atoms with Crippen molar-refractivity contribution in [3.63, 3.8) is 0 Å². The quantitative estimate of drug-likeness (QED) is 0.275. The van der Waals surface area contributed by atoms with Crippen molar-refractivity contribution >= 4 is 41.5 Å². The van der Waals surface area contributed by atoms with Crippen molar-refractivity contribution in [3.05, 3.63) is 70.6 Å². The Bertz CT molecular complexity index is 942. The fourth-order valence-corrected chi connectivity index (χ4v) is 3.04. The molecule has 0 aliphatic heterocycles. The number of hydrogen-bond donors (Lipinski definition) is 2. The van der Waals surface area contributed by atoms with Gasteiger partial charge in [-0.1, -0.05) is 41.0 Å². The van der Waals surface area contributed by atoms with Crippen LogP contribution in [0.15, 0.2) is 58.0 Å². The van der Waals surface area contributed by atoms with Crippen molar-refractivity contribution in [2.24, 2.45) is 4.99 Å². The summed E-state index contributed by atoms with van der Waals surface area (Å²) in [6.45, 7) is 4.85. The molecular weight excluding hydrogens is 501 g/mol. The average molecular weight is 526 g/mol. The number of rotatable bonds is 6. The highest BCUT2D eigenvalue weighted by atomic mass is 127. The van der Waals surface area contributed by atoms with E-state index in [4.69, 9.17) is 16.1 Å². The van der Waals surface area contributed by atoms with Gasteiger partial charge in [-0.3, -0.25) is 4.99 Å². The first-order valence-electron chi connectivity index (χ1n) is 9.18. The molecule has 6 nitrogen and oxygen atoms in total. The van der Waals surface area contributed by atoms with Gasteiger partial charge in [-0.2, -0.15) is 4.98 Å². The molecule has 3 rings (SSSR count). The van der Waals surface area contributed by atoms with Gasteiger partial charge in [0.2, 0.25) is 11.7 Å². The van der Waals surface area contributed by atoms with Gasteiger partial charge in [0.25, 0.3) is 0 Å². The largest absolute Gasteiger partial charge is 0.356 e. The first-order valence-corrected chi connectivity index (χ1v) is 9.56. The zero-order valence-electron chi connectivity index (χ0n) is 16.6. The van der Waals surface area contributed by atoms with Gasteiger partial charge in [-0.05, 0) is 49.2 Å². The van der Waals surface area contributed by atoms with Crippen LogP contribution in [0, 0.1) is 6.92 Å². The SMILES string of the molecule is CN=C(NCCc1nc(-c2ccc(Cl)cc2)no1)NC(C)c1ccccc1C.I. The normalized spacial score (nSPS) is 12.2. The van der Waals surface area contributed by atoms with Crippen LogP contribution in [0.5, 0.6) is 0 Å². The van der Waals surface area contributed by atoms with Crippen molar-refractivity contribution in [1.82, 2.24) is 20.8 Å². The van der Waals surface area contributed by atoms with Gasteiger partial charge < -0.3 is 15.2 Å². The molecule has 0 spiro atoms. The predicted molar refractivity (Wildman–Crippen MR) is 128 cm³/mol. The van der Waals surface area contributed by atoms with Crippen molar-refractivity contribution < 1.29 is 4.52 Å². The average Bonchev–Trinajstić information content (AvgIpc) is 3.17. The molecule has 8 heteroatoms. The third kappa shape index (κ3) is 6.43. The van der Waals surface area contributed by atoms with Crippen molar-refractivity contribution in [2.75, 3.05) is 13.6 Å². The van der Waals surface area contributed by atoms with Crippen molar-refractivity contribution in [2.45, 2.75) is 26.3 Å². The van der Waals surface area contributed by atoms with Crippen molar-refractivity contribution in [3.8, 4) is 11.4 Å². The summed E-state index contributed by atoms with van der Waals surface area (Å²) in [4.78, 5) is 8.72. The number of hydrogen-bond acceptors (Lipinski definition) is 4. The lowest BCUT2D eigenvalue weighted by Gasteiger charge is -2.19. The highest BCUT2D eigenvalue weighted by molar-refractivity contribution is 14.0. The second-order valence-electron chi connectivity index (χ2n) is 6.49. The lowest BCUT2D eigenvalue weighted by molar-refractivity contribution is 0.378. The fraction of sp³-hybridized carbons (Fsp3) is 0.286. The van der Waals surface area contributed by atoms with E-state index in [0.29, 0.717) is 29.7 Å². The summed E-state index contributed by atoms with van der Waals surface area (Å²) < 4.78 is 5.34. The van der Waals surface area contributed by atoms with E-state index in [2.05, 4.69) is 51.7 Å². The summed E-state index contributed by atoms with van der Waals surface area (Å²) in [5, 5.41) is 11.4. The number of nitrogens with one attached hydrogen (secondary N) is 2. The third-order valence-corrected chi connectivity index (χ3v) is 4.69. The molecule has 1 atom stereocenters. The number of aryl methyl sites for hydroxylation is 1. The number of nitrogens with zero attached hydrogens (tertiary/aromatic N) is 3. The van der Waals surface area contributed by atoms with E-state index in [1.165, 1.54) is 11.1 Å². The van der Waals surface area contributed by atoms with Gasteiger partial charge in [0.05, 0.1) is 6.04 Å². The van der Waals surface area contributed by atoms with E-state index in [1.54, 1.807) is 19.2 Å². The van der Waals surface area contributed by atoms with Gasteiger partial charge in [0.1, 0.15) is 0 Å². The molecule has 29 heavy (non-hydrogen) atoms. The van der Waals surface area contributed by atoms with E-state index in [0.717, 1.165) is 11.5 Å². The molecule has 2 aromatic carbocycles. The number of aromatic nitrogens is 2. The maximum absolute atomic E-state index is 5.91. The van der Waals surface area contributed by atoms with Crippen LogP contribution in [-0.2, 0) is 6.42 Å². The van der Waals surface area contributed by atoms with Crippen LogP contribution in [0.2, 0.25) is 5.02 Å². The van der Waals surface area contributed by atoms with Gasteiger partial charge in [-0.25, -0.2) is 0 Å². The van der Waals surface area contributed by atoms with Gasteiger partial charge in [0.15, 0.2) is 5.96 Å². The lowest BCUT2D eigenvalue weighted by Crippen LogP contribution is -2.39. The molecule has 1 heterocycles. The van der Waals surface area contributed by atoms with Crippen LogP contribution in [-0.4, -0.2) is 29.7 Å². The molecule has 1 unspecified atom stereocenters. The Kier molecular flexibility index (Phi) is 8.91. The number of halogens is 2. The third-order valence-electron chi connectivity index (χ3n) is 4.43. The first-order chi connectivity index (χ1) is 13.6. The molecule has 0 aliphatic rings. The van der Waals surface area contributed by atoms with Crippen LogP contribution in [0.4, 0.5) is 0 Å². The van der Waals surface area contributed by atoms with Crippen LogP contribution in [0.25, 0.3) is 11.4 Å². The zero-order valence-corrected chi connectivity index (χ0v) is 19.7.